The van der Waals surface area contributed by atoms with Crippen LogP contribution in [-0.4, -0.2) is 39.9 Å². The molecule has 1 fully saturated rings. The molecule has 0 saturated carbocycles. The third-order valence-corrected chi connectivity index (χ3v) is 3.58. The van der Waals surface area contributed by atoms with Crippen molar-refractivity contribution in [1.29, 1.82) is 0 Å². The molecule has 2 atom stereocenters. The molecule has 96 valence electrons. The average molecular weight is 236 g/mol. The van der Waals surface area contributed by atoms with E-state index >= 15 is 0 Å². The lowest BCUT2D eigenvalue weighted by molar-refractivity contribution is 0.199. The SMILES string of the molecule is CCn1cc(CN2CC(C)NCCC2C)cn1. The second kappa shape index (κ2) is 5.65. The number of nitrogens with one attached hydrogen (secondary N) is 1. The maximum atomic E-state index is 4.34. The molecule has 1 aliphatic heterocycles. The fraction of sp³-hybridized carbons (Fsp3) is 0.769. The lowest BCUT2D eigenvalue weighted by Gasteiger charge is -2.27. The third kappa shape index (κ3) is 3.30. The molecule has 2 heterocycles. The van der Waals surface area contributed by atoms with Crippen molar-refractivity contribution in [3.8, 4) is 0 Å². The monoisotopic (exact) mass is 236 g/mol. The molecule has 0 aromatic carbocycles. The van der Waals surface area contributed by atoms with Crippen LogP contribution < -0.4 is 5.32 Å². The van der Waals surface area contributed by atoms with Gasteiger partial charge in [-0.1, -0.05) is 0 Å². The van der Waals surface area contributed by atoms with Gasteiger partial charge in [-0.15, -0.1) is 0 Å². The molecule has 0 spiro atoms. The summed E-state index contributed by atoms with van der Waals surface area (Å²) in [5.41, 5.74) is 1.33. The van der Waals surface area contributed by atoms with Gasteiger partial charge in [0.2, 0.25) is 0 Å². The van der Waals surface area contributed by atoms with Gasteiger partial charge in [-0.25, -0.2) is 0 Å². The fourth-order valence-corrected chi connectivity index (χ4v) is 2.43. The lowest BCUT2D eigenvalue weighted by atomic mass is 10.2. The predicted molar refractivity (Wildman–Crippen MR) is 69.9 cm³/mol. The molecule has 1 N–H and O–H groups in total. The highest BCUT2D eigenvalue weighted by molar-refractivity contribution is 5.04. The van der Waals surface area contributed by atoms with Crippen LogP contribution in [0.4, 0.5) is 0 Å². The summed E-state index contributed by atoms with van der Waals surface area (Å²) >= 11 is 0. The molecule has 1 saturated heterocycles. The topological polar surface area (TPSA) is 33.1 Å². The Morgan fingerprint density at radius 3 is 3.00 bits per heavy atom. The smallest absolute Gasteiger partial charge is 0.0534 e. The molecule has 1 aromatic heterocycles. The normalized spacial score (nSPS) is 27.0. The number of hydrogen-bond acceptors (Lipinski definition) is 3. The summed E-state index contributed by atoms with van der Waals surface area (Å²) in [6, 6.07) is 1.23. The molecular weight excluding hydrogens is 212 g/mol. The first-order valence-corrected chi connectivity index (χ1v) is 6.67. The van der Waals surface area contributed by atoms with Crippen molar-refractivity contribution in [2.45, 2.75) is 52.4 Å². The first-order chi connectivity index (χ1) is 8.19. The van der Waals surface area contributed by atoms with Gasteiger partial charge in [0, 0.05) is 43.5 Å². The molecule has 0 radical (unpaired) electrons. The second-order valence-corrected chi connectivity index (χ2v) is 5.13. The van der Waals surface area contributed by atoms with Gasteiger partial charge < -0.3 is 5.32 Å². The fourth-order valence-electron chi connectivity index (χ4n) is 2.43. The molecule has 2 rings (SSSR count). The van der Waals surface area contributed by atoms with E-state index in [1.165, 1.54) is 12.0 Å². The minimum absolute atomic E-state index is 0.584. The number of aryl methyl sites for hydroxylation is 1. The number of aromatic nitrogens is 2. The molecule has 1 aromatic rings. The van der Waals surface area contributed by atoms with Gasteiger partial charge in [0.1, 0.15) is 0 Å². The molecule has 17 heavy (non-hydrogen) atoms. The van der Waals surface area contributed by atoms with E-state index in [2.05, 4.69) is 42.3 Å². The van der Waals surface area contributed by atoms with E-state index in [1.807, 2.05) is 10.9 Å². The zero-order valence-corrected chi connectivity index (χ0v) is 11.2. The van der Waals surface area contributed by atoms with E-state index in [1.54, 1.807) is 0 Å². The van der Waals surface area contributed by atoms with Crippen LogP contribution in [-0.2, 0) is 13.1 Å². The van der Waals surface area contributed by atoms with Crippen LogP contribution in [0.3, 0.4) is 0 Å². The van der Waals surface area contributed by atoms with Crippen LogP contribution in [0.1, 0.15) is 32.8 Å². The Morgan fingerprint density at radius 2 is 2.29 bits per heavy atom. The Labute approximate surface area is 104 Å². The second-order valence-electron chi connectivity index (χ2n) is 5.13. The van der Waals surface area contributed by atoms with Crippen molar-refractivity contribution < 1.29 is 0 Å². The van der Waals surface area contributed by atoms with Gasteiger partial charge in [0.15, 0.2) is 0 Å². The van der Waals surface area contributed by atoms with E-state index in [9.17, 15) is 0 Å². The molecule has 0 aliphatic carbocycles. The van der Waals surface area contributed by atoms with Crippen LogP contribution in [0, 0.1) is 0 Å². The molecule has 1 aliphatic rings. The van der Waals surface area contributed by atoms with Crippen molar-refractivity contribution in [2.24, 2.45) is 0 Å². The van der Waals surface area contributed by atoms with Crippen LogP contribution in [0.5, 0.6) is 0 Å². The van der Waals surface area contributed by atoms with Gasteiger partial charge in [0.05, 0.1) is 6.20 Å². The minimum Gasteiger partial charge on any atom is -0.313 e. The van der Waals surface area contributed by atoms with Gasteiger partial charge >= 0.3 is 0 Å². The van der Waals surface area contributed by atoms with E-state index in [4.69, 9.17) is 0 Å². The summed E-state index contributed by atoms with van der Waals surface area (Å²) < 4.78 is 2.00. The molecule has 4 nitrogen and oxygen atoms in total. The highest BCUT2D eigenvalue weighted by atomic mass is 15.3. The molecule has 4 heteroatoms. The minimum atomic E-state index is 0.584. The van der Waals surface area contributed by atoms with Crippen LogP contribution >= 0.6 is 0 Å². The van der Waals surface area contributed by atoms with Crippen molar-refractivity contribution in [3.63, 3.8) is 0 Å². The highest BCUT2D eigenvalue weighted by Crippen LogP contribution is 2.13. The quantitative estimate of drug-likeness (QED) is 0.863. The number of hydrogen-bond donors (Lipinski definition) is 1. The Bertz CT molecular complexity index is 347. The zero-order chi connectivity index (χ0) is 12.3. The van der Waals surface area contributed by atoms with Crippen molar-refractivity contribution in [2.75, 3.05) is 13.1 Å². The van der Waals surface area contributed by atoms with Crippen LogP contribution in [0.2, 0.25) is 0 Å². The summed E-state index contributed by atoms with van der Waals surface area (Å²) in [5.74, 6) is 0. The van der Waals surface area contributed by atoms with Crippen molar-refractivity contribution in [3.05, 3.63) is 18.0 Å². The zero-order valence-electron chi connectivity index (χ0n) is 11.2. The average Bonchev–Trinajstić information content (AvgIpc) is 2.69. The lowest BCUT2D eigenvalue weighted by Crippen LogP contribution is -2.37. The molecule has 2 unspecified atom stereocenters. The maximum Gasteiger partial charge on any atom is 0.0534 e. The van der Waals surface area contributed by atoms with Gasteiger partial charge in [-0.05, 0) is 33.7 Å². The summed E-state index contributed by atoms with van der Waals surface area (Å²) in [4.78, 5) is 2.56. The summed E-state index contributed by atoms with van der Waals surface area (Å²) in [5, 5.41) is 7.89. The number of rotatable bonds is 3. The van der Waals surface area contributed by atoms with Gasteiger partial charge in [0.25, 0.3) is 0 Å². The third-order valence-electron chi connectivity index (χ3n) is 3.58. The first-order valence-electron chi connectivity index (χ1n) is 6.67. The van der Waals surface area contributed by atoms with Crippen molar-refractivity contribution in [1.82, 2.24) is 20.0 Å². The van der Waals surface area contributed by atoms with Gasteiger partial charge in [-0.3, -0.25) is 9.58 Å². The summed E-state index contributed by atoms with van der Waals surface area (Å²) in [7, 11) is 0. The largest absolute Gasteiger partial charge is 0.313 e. The van der Waals surface area contributed by atoms with E-state index in [0.29, 0.717) is 12.1 Å². The van der Waals surface area contributed by atoms with Crippen molar-refractivity contribution >= 4 is 0 Å². The molecular formula is C13H24N4. The highest BCUT2D eigenvalue weighted by Gasteiger charge is 2.20. The Morgan fingerprint density at radius 1 is 1.47 bits per heavy atom. The van der Waals surface area contributed by atoms with Crippen LogP contribution in [0.25, 0.3) is 0 Å². The van der Waals surface area contributed by atoms with Crippen LogP contribution in [0.15, 0.2) is 12.4 Å². The van der Waals surface area contributed by atoms with E-state index in [0.717, 1.165) is 26.2 Å². The predicted octanol–water partition coefficient (Wildman–Crippen LogP) is 1.48. The van der Waals surface area contributed by atoms with E-state index < -0.39 is 0 Å². The Hall–Kier alpha value is -0.870. The standard InChI is InChI=1S/C13H24N4/c1-4-17-10-13(7-15-17)9-16-8-11(2)14-6-5-12(16)3/h7,10-12,14H,4-6,8-9H2,1-3H3. The summed E-state index contributed by atoms with van der Waals surface area (Å²) in [6.07, 6.45) is 5.39. The van der Waals surface area contributed by atoms with E-state index in [-0.39, 0.29) is 0 Å². The number of nitrogens with zero attached hydrogens (tertiary/aromatic N) is 3. The van der Waals surface area contributed by atoms with Gasteiger partial charge in [-0.2, -0.15) is 5.10 Å². The summed E-state index contributed by atoms with van der Waals surface area (Å²) in [6.45, 7) is 10.9. The maximum absolute atomic E-state index is 4.34. The Kier molecular flexibility index (Phi) is 4.18. The molecule has 0 bridgehead atoms. The molecule has 0 amide bonds. The first kappa shape index (κ1) is 12.6. The Balaban J connectivity index is 1.99.